The molecule has 0 heterocycles. The number of rotatable bonds is 24. The van der Waals surface area contributed by atoms with Crippen LogP contribution < -0.4 is 4.74 Å². The SMILES string of the molecule is CCCCCCCCCCCCCc1cccc(OCCCCOC(=O)C(C)CC[N+](C)(C)Cc2ccccc2)c1. The third kappa shape index (κ3) is 17.3. The second-order valence-corrected chi connectivity index (χ2v) is 12.6. The van der Waals surface area contributed by atoms with E-state index in [1.54, 1.807) is 0 Å². The molecule has 0 N–H and O–H groups in total. The Bertz CT molecular complexity index is 927. The zero-order chi connectivity index (χ0) is 29.6. The maximum Gasteiger partial charge on any atom is 0.308 e. The normalized spacial score (nSPS) is 12.3. The molecule has 1 atom stereocenters. The van der Waals surface area contributed by atoms with E-state index >= 15 is 0 Å². The van der Waals surface area contributed by atoms with E-state index < -0.39 is 0 Å². The average molecular weight is 567 g/mol. The van der Waals surface area contributed by atoms with Crippen LogP contribution in [0.25, 0.3) is 0 Å². The topological polar surface area (TPSA) is 35.5 Å². The van der Waals surface area contributed by atoms with Crippen molar-refractivity contribution < 1.29 is 18.8 Å². The molecule has 41 heavy (non-hydrogen) atoms. The van der Waals surface area contributed by atoms with Gasteiger partial charge in [-0.25, -0.2) is 0 Å². The Morgan fingerprint density at radius 1 is 0.732 bits per heavy atom. The molecule has 230 valence electrons. The molecule has 4 nitrogen and oxygen atoms in total. The molecular formula is C37H60NO3+. The van der Waals surface area contributed by atoms with Crippen molar-refractivity contribution in [3.8, 4) is 5.75 Å². The first-order valence-electron chi connectivity index (χ1n) is 16.6. The molecule has 2 aromatic carbocycles. The van der Waals surface area contributed by atoms with Gasteiger partial charge < -0.3 is 14.0 Å². The van der Waals surface area contributed by atoms with Crippen molar-refractivity contribution in [2.75, 3.05) is 33.9 Å². The van der Waals surface area contributed by atoms with Gasteiger partial charge in [-0.15, -0.1) is 0 Å². The van der Waals surface area contributed by atoms with Crippen molar-refractivity contribution in [1.29, 1.82) is 0 Å². The molecule has 0 aliphatic heterocycles. The highest BCUT2D eigenvalue weighted by molar-refractivity contribution is 5.71. The third-order valence-electron chi connectivity index (χ3n) is 8.04. The van der Waals surface area contributed by atoms with Crippen LogP contribution in [0.3, 0.4) is 0 Å². The first-order chi connectivity index (χ1) is 19.9. The Labute approximate surface area is 252 Å². The molecule has 0 radical (unpaired) electrons. The van der Waals surface area contributed by atoms with Crippen LogP contribution in [-0.2, 0) is 22.5 Å². The molecule has 0 aliphatic carbocycles. The highest BCUT2D eigenvalue weighted by Crippen LogP contribution is 2.18. The van der Waals surface area contributed by atoms with Crippen LogP contribution in [0.4, 0.5) is 0 Å². The van der Waals surface area contributed by atoms with Crippen molar-refractivity contribution in [2.24, 2.45) is 5.92 Å². The monoisotopic (exact) mass is 566 g/mol. The van der Waals surface area contributed by atoms with Crippen LogP contribution in [0.1, 0.15) is 115 Å². The molecule has 2 rings (SSSR count). The molecular weight excluding hydrogens is 506 g/mol. The summed E-state index contributed by atoms with van der Waals surface area (Å²) in [6.07, 6.45) is 18.8. The van der Waals surface area contributed by atoms with E-state index in [-0.39, 0.29) is 11.9 Å². The van der Waals surface area contributed by atoms with E-state index in [1.165, 1.54) is 81.8 Å². The van der Waals surface area contributed by atoms with Gasteiger partial charge in [-0.2, -0.15) is 0 Å². The highest BCUT2D eigenvalue weighted by Gasteiger charge is 2.21. The lowest BCUT2D eigenvalue weighted by atomic mass is 10.0. The van der Waals surface area contributed by atoms with Crippen molar-refractivity contribution in [3.63, 3.8) is 0 Å². The van der Waals surface area contributed by atoms with Gasteiger partial charge in [0, 0.05) is 12.0 Å². The first kappa shape index (κ1) is 34.9. The number of ether oxygens (including phenoxy) is 2. The molecule has 1 unspecified atom stereocenters. The van der Waals surface area contributed by atoms with E-state index in [4.69, 9.17) is 9.47 Å². The summed E-state index contributed by atoms with van der Waals surface area (Å²) in [5.41, 5.74) is 2.69. The highest BCUT2D eigenvalue weighted by atomic mass is 16.5. The zero-order valence-corrected chi connectivity index (χ0v) is 26.9. The average Bonchev–Trinajstić information content (AvgIpc) is 2.97. The lowest BCUT2D eigenvalue weighted by Crippen LogP contribution is -2.40. The molecule has 0 saturated heterocycles. The summed E-state index contributed by atoms with van der Waals surface area (Å²) in [5, 5.41) is 0. The summed E-state index contributed by atoms with van der Waals surface area (Å²) < 4.78 is 12.4. The van der Waals surface area contributed by atoms with Crippen LogP contribution >= 0.6 is 0 Å². The minimum Gasteiger partial charge on any atom is -0.494 e. The molecule has 0 aromatic heterocycles. The Balaban J connectivity index is 1.49. The maximum atomic E-state index is 12.5. The van der Waals surface area contributed by atoms with E-state index in [0.717, 1.165) is 49.0 Å². The Hall–Kier alpha value is -2.33. The van der Waals surface area contributed by atoms with Crippen molar-refractivity contribution in [1.82, 2.24) is 0 Å². The number of aryl methyl sites for hydroxylation is 1. The predicted octanol–water partition coefficient (Wildman–Crippen LogP) is 9.55. The van der Waals surface area contributed by atoms with Crippen molar-refractivity contribution >= 4 is 5.97 Å². The Morgan fingerprint density at radius 2 is 1.34 bits per heavy atom. The number of nitrogens with zero attached hydrogens (tertiary/aromatic N) is 1. The summed E-state index contributed by atoms with van der Waals surface area (Å²) in [6.45, 7) is 7.29. The number of hydrogen-bond donors (Lipinski definition) is 0. The fourth-order valence-electron chi connectivity index (χ4n) is 5.31. The van der Waals surface area contributed by atoms with E-state index in [2.05, 4.69) is 63.5 Å². The zero-order valence-electron chi connectivity index (χ0n) is 26.9. The van der Waals surface area contributed by atoms with Gasteiger partial charge in [0.05, 0.1) is 39.8 Å². The number of unbranched alkanes of at least 4 members (excludes halogenated alkanes) is 11. The molecule has 2 aromatic rings. The van der Waals surface area contributed by atoms with Crippen LogP contribution in [0.5, 0.6) is 5.75 Å². The van der Waals surface area contributed by atoms with Crippen LogP contribution in [-0.4, -0.2) is 44.3 Å². The number of carbonyl (C=O) groups excluding carboxylic acids is 1. The fourth-order valence-corrected chi connectivity index (χ4v) is 5.31. The van der Waals surface area contributed by atoms with E-state index in [9.17, 15) is 4.79 Å². The summed E-state index contributed by atoms with van der Waals surface area (Å²) in [7, 11) is 4.44. The quantitative estimate of drug-likeness (QED) is 0.0721. The third-order valence-corrected chi connectivity index (χ3v) is 8.04. The van der Waals surface area contributed by atoms with Gasteiger partial charge in [0.2, 0.25) is 0 Å². The minimum absolute atomic E-state index is 0.0810. The van der Waals surface area contributed by atoms with E-state index in [0.29, 0.717) is 13.2 Å². The van der Waals surface area contributed by atoms with Gasteiger partial charge >= 0.3 is 5.97 Å². The van der Waals surface area contributed by atoms with E-state index in [1.807, 2.05) is 19.1 Å². The molecule has 0 amide bonds. The Morgan fingerprint density at radius 3 is 2.02 bits per heavy atom. The summed E-state index contributed by atoms with van der Waals surface area (Å²) in [6, 6.07) is 19.1. The minimum atomic E-state index is -0.0826. The number of benzene rings is 2. The maximum absolute atomic E-state index is 12.5. The van der Waals surface area contributed by atoms with Crippen LogP contribution in [0.2, 0.25) is 0 Å². The largest absolute Gasteiger partial charge is 0.494 e. The summed E-state index contributed by atoms with van der Waals surface area (Å²) in [5.74, 6) is 0.788. The van der Waals surface area contributed by atoms with Gasteiger partial charge in [0.25, 0.3) is 0 Å². The van der Waals surface area contributed by atoms with Gasteiger partial charge in [-0.05, 0) is 43.4 Å². The first-order valence-corrected chi connectivity index (χ1v) is 16.6. The second kappa shape index (κ2) is 21.4. The smallest absolute Gasteiger partial charge is 0.308 e. The van der Waals surface area contributed by atoms with Crippen LogP contribution in [0, 0.1) is 5.92 Å². The lowest BCUT2D eigenvalue weighted by molar-refractivity contribution is -0.904. The van der Waals surface area contributed by atoms with Gasteiger partial charge in [0.1, 0.15) is 12.3 Å². The summed E-state index contributed by atoms with van der Waals surface area (Å²) >= 11 is 0. The number of quaternary nitrogens is 1. The molecule has 4 heteroatoms. The van der Waals surface area contributed by atoms with Gasteiger partial charge in [-0.1, -0.05) is 121 Å². The molecule has 0 fully saturated rings. The van der Waals surface area contributed by atoms with Gasteiger partial charge in [-0.3, -0.25) is 4.79 Å². The molecule has 0 aliphatic rings. The lowest BCUT2D eigenvalue weighted by Gasteiger charge is -2.30. The number of hydrogen-bond acceptors (Lipinski definition) is 3. The van der Waals surface area contributed by atoms with Crippen molar-refractivity contribution in [3.05, 3.63) is 65.7 Å². The molecule has 0 spiro atoms. The molecule has 0 saturated carbocycles. The van der Waals surface area contributed by atoms with Gasteiger partial charge in [0.15, 0.2) is 0 Å². The Kier molecular flexibility index (Phi) is 18.2. The summed E-state index contributed by atoms with van der Waals surface area (Å²) in [4.78, 5) is 12.5. The molecule has 0 bridgehead atoms. The number of esters is 1. The van der Waals surface area contributed by atoms with Crippen molar-refractivity contribution in [2.45, 2.75) is 117 Å². The predicted molar refractivity (Wildman–Crippen MR) is 173 cm³/mol. The number of carbonyl (C=O) groups is 1. The van der Waals surface area contributed by atoms with Crippen LogP contribution in [0.15, 0.2) is 54.6 Å². The fraction of sp³-hybridized carbons (Fsp3) is 0.649. The second-order valence-electron chi connectivity index (χ2n) is 12.6. The standard InChI is InChI=1S/C37H60NO3/c1-5-6-7-8-9-10-11-12-13-14-16-22-34-25-21-26-36(31-34)40-29-19-20-30-41-37(39)33(2)27-28-38(3,4)32-35-23-17-15-18-24-35/h15,17-18,21,23-26,31,33H,5-14,16,19-20,22,27-30,32H2,1-4H3/q+1.